The molecule has 0 aliphatic carbocycles. The summed E-state index contributed by atoms with van der Waals surface area (Å²) in [6, 6.07) is 9.69. The highest BCUT2D eigenvalue weighted by Gasteiger charge is 2.18. The summed E-state index contributed by atoms with van der Waals surface area (Å²) >= 11 is 0. The van der Waals surface area contributed by atoms with Crippen LogP contribution < -0.4 is 5.32 Å². The number of hydrogen-bond donors (Lipinski definition) is 1. The molecule has 2 heterocycles. The molecule has 0 saturated heterocycles. The fourth-order valence-corrected chi connectivity index (χ4v) is 3.07. The standard InChI is InChI=1S/C20H26N6O/c1-13(2)25-12-21-23-19(25)16(5)22-20(27)18-8-6-17(7-9-18)11-26-15(4)10-14(3)24-26/h6-10,12-13,16H,11H2,1-5H3,(H,22,27). The van der Waals surface area contributed by atoms with E-state index in [-0.39, 0.29) is 18.0 Å². The van der Waals surface area contributed by atoms with Crippen molar-refractivity contribution in [2.45, 2.75) is 53.2 Å². The molecule has 1 N–H and O–H groups in total. The maximum absolute atomic E-state index is 12.6. The van der Waals surface area contributed by atoms with Crippen molar-refractivity contribution in [1.82, 2.24) is 29.9 Å². The molecule has 0 aliphatic heterocycles. The average molecular weight is 366 g/mol. The number of aromatic nitrogens is 5. The van der Waals surface area contributed by atoms with Gasteiger partial charge in [-0.3, -0.25) is 9.48 Å². The van der Waals surface area contributed by atoms with Crippen LogP contribution in [-0.2, 0) is 6.54 Å². The molecule has 0 fully saturated rings. The first-order valence-corrected chi connectivity index (χ1v) is 9.15. The highest BCUT2D eigenvalue weighted by molar-refractivity contribution is 5.94. The van der Waals surface area contributed by atoms with Gasteiger partial charge in [0, 0.05) is 17.3 Å². The topological polar surface area (TPSA) is 77.6 Å². The molecule has 142 valence electrons. The van der Waals surface area contributed by atoms with Crippen LogP contribution in [-0.4, -0.2) is 30.5 Å². The number of nitrogens with zero attached hydrogens (tertiary/aromatic N) is 5. The van der Waals surface area contributed by atoms with Gasteiger partial charge in [-0.25, -0.2) is 0 Å². The molecular formula is C20H26N6O. The van der Waals surface area contributed by atoms with E-state index >= 15 is 0 Å². The maximum Gasteiger partial charge on any atom is 0.251 e. The molecule has 0 aliphatic rings. The molecule has 7 nitrogen and oxygen atoms in total. The fraction of sp³-hybridized carbons (Fsp3) is 0.400. The van der Waals surface area contributed by atoms with E-state index in [9.17, 15) is 4.79 Å². The Balaban J connectivity index is 1.66. The van der Waals surface area contributed by atoms with Crippen LogP contribution in [0.4, 0.5) is 0 Å². The van der Waals surface area contributed by atoms with Crippen LogP contribution in [0.3, 0.4) is 0 Å². The molecule has 7 heteroatoms. The fourth-order valence-electron chi connectivity index (χ4n) is 3.07. The summed E-state index contributed by atoms with van der Waals surface area (Å²) in [5.74, 6) is 0.623. The third kappa shape index (κ3) is 4.24. The van der Waals surface area contributed by atoms with Crippen molar-refractivity contribution in [2.24, 2.45) is 0 Å². The van der Waals surface area contributed by atoms with Crippen molar-refractivity contribution in [3.63, 3.8) is 0 Å². The number of amides is 1. The predicted molar refractivity (Wildman–Crippen MR) is 104 cm³/mol. The Labute approximate surface area is 159 Å². The molecule has 27 heavy (non-hydrogen) atoms. The van der Waals surface area contributed by atoms with Crippen molar-refractivity contribution in [1.29, 1.82) is 0 Å². The van der Waals surface area contributed by atoms with E-state index in [1.54, 1.807) is 6.33 Å². The van der Waals surface area contributed by atoms with Crippen molar-refractivity contribution in [3.8, 4) is 0 Å². The minimum Gasteiger partial charge on any atom is -0.342 e. The van der Waals surface area contributed by atoms with Gasteiger partial charge >= 0.3 is 0 Å². The molecule has 1 amide bonds. The van der Waals surface area contributed by atoms with Gasteiger partial charge in [-0.15, -0.1) is 10.2 Å². The predicted octanol–water partition coefficient (Wildman–Crippen LogP) is 3.21. The van der Waals surface area contributed by atoms with E-state index in [1.807, 2.05) is 54.3 Å². The molecule has 0 spiro atoms. The Morgan fingerprint density at radius 1 is 1.15 bits per heavy atom. The summed E-state index contributed by atoms with van der Waals surface area (Å²) in [5.41, 5.74) is 3.85. The lowest BCUT2D eigenvalue weighted by atomic mass is 10.1. The first-order valence-electron chi connectivity index (χ1n) is 9.15. The molecule has 1 unspecified atom stereocenters. The summed E-state index contributed by atoms with van der Waals surface area (Å²) in [5, 5.41) is 15.6. The average Bonchev–Trinajstić information content (AvgIpc) is 3.22. The summed E-state index contributed by atoms with van der Waals surface area (Å²) in [6.45, 7) is 10.7. The third-order valence-electron chi connectivity index (χ3n) is 4.54. The highest BCUT2D eigenvalue weighted by atomic mass is 16.1. The molecule has 0 saturated carbocycles. The van der Waals surface area contributed by atoms with E-state index < -0.39 is 0 Å². The Morgan fingerprint density at radius 2 is 1.85 bits per heavy atom. The second-order valence-corrected chi connectivity index (χ2v) is 7.17. The Kier molecular flexibility index (Phi) is 5.39. The van der Waals surface area contributed by atoms with Gasteiger partial charge in [0.1, 0.15) is 6.33 Å². The van der Waals surface area contributed by atoms with Gasteiger partial charge in [0.05, 0.1) is 18.3 Å². The van der Waals surface area contributed by atoms with Gasteiger partial charge in [0.15, 0.2) is 5.82 Å². The van der Waals surface area contributed by atoms with Crippen molar-refractivity contribution >= 4 is 5.91 Å². The summed E-state index contributed by atoms with van der Waals surface area (Å²) in [6.07, 6.45) is 1.69. The van der Waals surface area contributed by atoms with Crippen molar-refractivity contribution in [3.05, 3.63) is 65.0 Å². The number of hydrogen-bond acceptors (Lipinski definition) is 4. The van der Waals surface area contributed by atoms with E-state index in [1.165, 1.54) is 0 Å². The van der Waals surface area contributed by atoms with E-state index in [4.69, 9.17) is 0 Å². The molecule has 1 atom stereocenters. The van der Waals surface area contributed by atoms with Gasteiger partial charge in [0.2, 0.25) is 0 Å². The minimum absolute atomic E-state index is 0.126. The van der Waals surface area contributed by atoms with Gasteiger partial charge < -0.3 is 9.88 Å². The molecule has 0 radical (unpaired) electrons. The first-order chi connectivity index (χ1) is 12.8. The smallest absolute Gasteiger partial charge is 0.251 e. The van der Waals surface area contributed by atoms with Crippen molar-refractivity contribution < 1.29 is 4.79 Å². The SMILES string of the molecule is Cc1cc(C)n(Cc2ccc(C(=O)NC(C)c3nncn3C(C)C)cc2)n1. The van der Waals surface area contributed by atoms with Crippen LogP contribution in [0.1, 0.15) is 66.0 Å². The van der Waals surface area contributed by atoms with Gasteiger partial charge in [-0.1, -0.05) is 12.1 Å². The van der Waals surface area contributed by atoms with Crippen LogP contribution in [0.15, 0.2) is 36.7 Å². The lowest BCUT2D eigenvalue weighted by molar-refractivity contribution is 0.0937. The Morgan fingerprint density at radius 3 is 2.44 bits per heavy atom. The zero-order chi connectivity index (χ0) is 19.6. The second kappa shape index (κ2) is 7.73. The lowest BCUT2D eigenvalue weighted by Gasteiger charge is -2.17. The van der Waals surface area contributed by atoms with Gasteiger partial charge in [-0.05, 0) is 58.4 Å². The number of rotatable bonds is 6. The number of benzene rings is 1. The molecular weight excluding hydrogens is 340 g/mol. The third-order valence-corrected chi connectivity index (χ3v) is 4.54. The van der Waals surface area contributed by atoms with Crippen LogP contribution in [0.2, 0.25) is 0 Å². The second-order valence-electron chi connectivity index (χ2n) is 7.17. The van der Waals surface area contributed by atoms with E-state index in [0.29, 0.717) is 12.1 Å². The zero-order valence-electron chi connectivity index (χ0n) is 16.5. The largest absolute Gasteiger partial charge is 0.342 e. The van der Waals surface area contributed by atoms with Crippen LogP contribution in [0.25, 0.3) is 0 Å². The Bertz CT molecular complexity index is 922. The van der Waals surface area contributed by atoms with Crippen LogP contribution in [0, 0.1) is 13.8 Å². The quantitative estimate of drug-likeness (QED) is 0.727. The summed E-state index contributed by atoms with van der Waals surface area (Å²) < 4.78 is 3.92. The minimum atomic E-state index is -0.225. The van der Waals surface area contributed by atoms with Crippen LogP contribution in [0.5, 0.6) is 0 Å². The monoisotopic (exact) mass is 366 g/mol. The van der Waals surface area contributed by atoms with Crippen molar-refractivity contribution in [2.75, 3.05) is 0 Å². The normalized spacial score (nSPS) is 12.4. The van der Waals surface area contributed by atoms with Gasteiger partial charge in [0.25, 0.3) is 5.91 Å². The maximum atomic E-state index is 12.6. The zero-order valence-corrected chi connectivity index (χ0v) is 16.5. The molecule has 3 aromatic rings. The number of aryl methyl sites for hydroxylation is 2. The summed E-state index contributed by atoms with van der Waals surface area (Å²) in [4.78, 5) is 12.6. The van der Waals surface area contributed by atoms with Gasteiger partial charge in [-0.2, -0.15) is 5.10 Å². The Hall–Kier alpha value is -2.96. The van der Waals surface area contributed by atoms with E-state index in [2.05, 4.69) is 40.5 Å². The molecule has 2 aromatic heterocycles. The molecule has 3 rings (SSSR count). The molecule has 0 bridgehead atoms. The highest BCUT2D eigenvalue weighted by Crippen LogP contribution is 2.15. The summed E-state index contributed by atoms with van der Waals surface area (Å²) in [7, 11) is 0. The van der Waals surface area contributed by atoms with E-state index in [0.717, 1.165) is 22.8 Å². The first kappa shape index (κ1) is 18.8. The number of carbonyl (C=O) groups excluding carboxylic acids is 1. The van der Waals surface area contributed by atoms with Crippen LogP contribution >= 0.6 is 0 Å². The lowest BCUT2D eigenvalue weighted by Crippen LogP contribution is -2.29. The molecule has 1 aromatic carbocycles. The number of nitrogens with one attached hydrogen (secondary N) is 1. The number of carbonyl (C=O) groups is 1.